The molecule has 0 atom stereocenters. The second kappa shape index (κ2) is 5.04. The summed E-state index contributed by atoms with van der Waals surface area (Å²) in [6.07, 6.45) is 0. The molecule has 0 aliphatic rings. The van der Waals surface area contributed by atoms with Gasteiger partial charge in [-0.25, -0.2) is 0 Å². The molecule has 4 nitrogen and oxygen atoms in total. The van der Waals surface area contributed by atoms with Gasteiger partial charge in [0, 0.05) is 23.8 Å². The van der Waals surface area contributed by atoms with Crippen LogP contribution in [-0.2, 0) is 9.53 Å². The van der Waals surface area contributed by atoms with Gasteiger partial charge in [-0.3, -0.25) is 9.78 Å². The number of nitrogens with zero attached hydrogens (tertiary/aromatic N) is 2. The van der Waals surface area contributed by atoms with Crippen molar-refractivity contribution >= 4 is 22.6 Å². The van der Waals surface area contributed by atoms with E-state index >= 15 is 0 Å². The minimum absolute atomic E-state index is 0.226. The number of likely N-dealkylation sites (N-methyl/N-ethyl adjacent to an activating group) is 1. The van der Waals surface area contributed by atoms with Gasteiger partial charge in [0.1, 0.15) is 6.54 Å². The Morgan fingerprint density at radius 2 is 2.11 bits per heavy atom. The lowest BCUT2D eigenvalue weighted by Crippen LogP contribution is -2.26. The predicted octanol–water partition coefficient (Wildman–Crippen LogP) is 2.15. The Morgan fingerprint density at radius 3 is 2.83 bits per heavy atom. The molecule has 1 heterocycles. The van der Waals surface area contributed by atoms with Gasteiger partial charge in [-0.2, -0.15) is 0 Å². The molecule has 0 saturated carbocycles. The number of carbonyl (C=O) groups is 1. The number of fused-ring (bicyclic) bond motifs is 1. The molecule has 0 fully saturated rings. The number of ether oxygens (including phenoxy) is 1. The Morgan fingerprint density at radius 1 is 1.39 bits per heavy atom. The normalized spacial score (nSPS) is 10.4. The van der Waals surface area contributed by atoms with Gasteiger partial charge in [-0.15, -0.1) is 0 Å². The zero-order valence-electron chi connectivity index (χ0n) is 10.8. The number of hydrogen-bond donors (Lipinski definition) is 0. The van der Waals surface area contributed by atoms with Crippen LogP contribution in [0.25, 0.3) is 10.9 Å². The van der Waals surface area contributed by atoms with Crippen LogP contribution in [-0.4, -0.2) is 31.7 Å². The van der Waals surface area contributed by atoms with E-state index in [1.807, 2.05) is 49.2 Å². The van der Waals surface area contributed by atoms with E-state index in [0.717, 1.165) is 22.3 Å². The number of methoxy groups -OCH3 is 1. The molecule has 0 spiro atoms. The predicted molar refractivity (Wildman–Crippen MR) is 71.8 cm³/mol. The SMILES string of the molecule is COC(=O)CN(C)c1cc(C)nc2ccccc12. The Hall–Kier alpha value is -2.10. The first kappa shape index (κ1) is 12.4. The maximum atomic E-state index is 11.3. The van der Waals surface area contributed by atoms with E-state index in [-0.39, 0.29) is 12.5 Å². The van der Waals surface area contributed by atoms with Gasteiger partial charge in [0.2, 0.25) is 0 Å². The summed E-state index contributed by atoms with van der Waals surface area (Å²) in [5, 5.41) is 1.04. The van der Waals surface area contributed by atoms with Crippen LogP contribution in [0.1, 0.15) is 5.69 Å². The second-order valence-electron chi connectivity index (χ2n) is 4.23. The van der Waals surface area contributed by atoms with Crippen molar-refractivity contribution in [2.45, 2.75) is 6.92 Å². The summed E-state index contributed by atoms with van der Waals surface area (Å²) in [4.78, 5) is 17.7. The highest BCUT2D eigenvalue weighted by atomic mass is 16.5. The fourth-order valence-electron chi connectivity index (χ4n) is 1.94. The lowest BCUT2D eigenvalue weighted by Gasteiger charge is -2.20. The zero-order valence-corrected chi connectivity index (χ0v) is 10.8. The molecule has 1 aromatic carbocycles. The second-order valence-corrected chi connectivity index (χ2v) is 4.23. The lowest BCUT2D eigenvalue weighted by molar-refractivity contribution is -0.138. The molecule has 1 aromatic heterocycles. The van der Waals surface area contributed by atoms with Crippen LogP contribution in [0.5, 0.6) is 0 Å². The molecule has 0 saturated heterocycles. The summed E-state index contributed by atoms with van der Waals surface area (Å²) < 4.78 is 4.69. The topological polar surface area (TPSA) is 42.4 Å². The minimum atomic E-state index is -0.254. The highest BCUT2D eigenvalue weighted by Crippen LogP contribution is 2.25. The average Bonchev–Trinajstić information content (AvgIpc) is 2.37. The molecule has 0 bridgehead atoms. The Labute approximate surface area is 106 Å². The van der Waals surface area contributed by atoms with Crippen molar-refractivity contribution in [2.24, 2.45) is 0 Å². The van der Waals surface area contributed by atoms with E-state index in [9.17, 15) is 4.79 Å². The molecule has 0 aliphatic heterocycles. The van der Waals surface area contributed by atoms with Crippen molar-refractivity contribution in [2.75, 3.05) is 25.6 Å². The van der Waals surface area contributed by atoms with E-state index < -0.39 is 0 Å². The third-order valence-electron chi connectivity index (χ3n) is 2.83. The number of aryl methyl sites for hydroxylation is 1. The molecule has 0 radical (unpaired) electrons. The molecule has 18 heavy (non-hydrogen) atoms. The number of anilines is 1. The van der Waals surface area contributed by atoms with Crippen molar-refractivity contribution in [3.8, 4) is 0 Å². The van der Waals surface area contributed by atoms with Gasteiger partial charge in [-0.1, -0.05) is 18.2 Å². The first-order valence-electron chi connectivity index (χ1n) is 5.76. The van der Waals surface area contributed by atoms with Crippen LogP contribution < -0.4 is 4.90 Å². The molecular formula is C14H16N2O2. The number of rotatable bonds is 3. The molecule has 0 aliphatic carbocycles. The maximum absolute atomic E-state index is 11.3. The lowest BCUT2D eigenvalue weighted by atomic mass is 10.1. The first-order valence-corrected chi connectivity index (χ1v) is 5.76. The Kier molecular flexibility index (Phi) is 3.46. The van der Waals surface area contributed by atoms with Crippen molar-refractivity contribution in [1.82, 2.24) is 4.98 Å². The van der Waals surface area contributed by atoms with E-state index in [0.29, 0.717) is 0 Å². The van der Waals surface area contributed by atoms with Crippen molar-refractivity contribution < 1.29 is 9.53 Å². The van der Waals surface area contributed by atoms with E-state index in [1.54, 1.807) is 0 Å². The van der Waals surface area contributed by atoms with Crippen LogP contribution in [0.4, 0.5) is 5.69 Å². The largest absolute Gasteiger partial charge is 0.468 e. The molecule has 0 N–H and O–H groups in total. The van der Waals surface area contributed by atoms with Crippen molar-refractivity contribution in [3.63, 3.8) is 0 Å². The quantitative estimate of drug-likeness (QED) is 0.776. The Balaban J connectivity index is 2.46. The van der Waals surface area contributed by atoms with E-state index in [4.69, 9.17) is 0 Å². The summed E-state index contributed by atoms with van der Waals surface area (Å²) in [7, 11) is 3.27. The molecule has 2 rings (SSSR count). The van der Waals surface area contributed by atoms with Crippen molar-refractivity contribution in [3.05, 3.63) is 36.0 Å². The average molecular weight is 244 g/mol. The number of esters is 1. The van der Waals surface area contributed by atoms with Gasteiger partial charge in [0.25, 0.3) is 0 Å². The van der Waals surface area contributed by atoms with Gasteiger partial charge < -0.3 is 9.64 Å². The standard InChI is InChI=1S/C14H16N2O2/c1-10-8-13(16(2)9-14(17)18-3)11-6-4-5-7-12(11)15-10/h4-8H,9H2,1-3H3. The number of pyridine rings is 1. The highest BCUT2D eigenvalue weighted by molar-refractivity contribution is 5.93. The fourth-order valence-corrected chi connectivity index (χ4v) is 1.94. The number of carbonyl (C=O) groups excluding carboxylic acids is 1. The highest BCUT2D eigenvalue weighted by Gasteiger charge is 2.11. The summed E-state index contributed by atoms with van der Waals surface area (Å²) in [5.41, 5.74) is 2.85. The summed E-state index contributed by atoms with van der Waals surface area (Å²) in [5.74, 6) is -0.254. The third kappa shape index (κ3) is 2.42. The fraction of sp³-hybridized carbons (Fsp3) is 0.286. The van der Waals surface area contributed by atoms with Gasteiger partial charge in [-0.05, 0) is 19.1 Å². The van der Waals surface area contributed by atoms with Crippen LogP contribution >= 0.6 is 0 Å². The van der Waals surface area contributed by atoms with Crippen molar-refractivity contribution in [1.29, 1.82) is 0 Å². The van der Waals surface area contributed by atoms with Crippen LogP contribution in [0, 0.1) is 6.92 Å². The van der Waals surface area contributed by atoms with E-state index in [2.05, 4.69) is 9.72 Å². The molecule has 0 unspecified atom stereocenters. The summed E-state index contributed by atoms with van der Waals surface area (Å²) in [6.45, 7) is 2.17. The molecule has 94 valence electrons. The maximum Gasteiger partial charge on any atom is 0.325 e. The number of aromatic nitrogens is 1. The van der Waals surface area contributed by atoms with Gasteiger partial charge >= 0.3 is 5.97 Å². The minimum Gasteiger partial charge on any atom is -0.468 e. The molecule has 2 aromatic rings. The van der Waals surface area contributed by atoms with Crippen LogP contribution in [0.2, 0.25) is 0 Å². The summed E-state index contributed by atoms with van der Waals surface area (Å²) >= 11 is 0. The molecule has 4 heteroatoms. The Bertz CT molecular complexity index is 581. The van der Waals surface area contributed by atoms with Gasteiger partial charge in [0.05, 0.1) is 12.6 Å². The number of para-hydroxylation sites is 1. The summed E-state index contributed by atoms with van der Waals surface area (Å²) in [6, 6.07) is 9.88. The van der Waals surface area contributed by atoms with Crippen LogP contribution in [0.3, 0.4) is 0 Å². The smallest absolute Gasteiger partial charge is 0.325 e. The molecular weight excluding hydrogens is 228 g/mol. The first-order chi connectivity index (χ1) is 8.61. The number of hydrogen-bond acceptors (Lipinski definition) is 4. The third-order valence-corrected chi connectivity index (χ3v) is 2.83. The zero-order chi connectivity index (χ0) is 13.1. The van der Waals surface area contributed by atoms with Crippen LogP contribution in [0.15, 0.2) is 30.3 Å². The number of benzene rings is 1. The van der Waals surface area contributed by atoms with Gasteiger partial charge in [0.15, 0.2) is 0 Å². The molecule has 0 amide bonds. The van der Waals surface area contributed by atoms with E-state index in [1.165, 1.54) is 7.11 Å². The monoisotopic (exact) mass is 244 g/mol.